The molecule has 0 spiro atoms. The number of carbonyl (C=O) groups is 1. The van der Waals surface area contributed by atoms with Gasteiger partial charge in [-0.25, -0.2) is 0 Å². The molecule has 0 aliphatic heterocycles. The molecule has 4 heteroatoms. The fourth-order valence-corrected chi connectivity index (χ4v) is 0.802. The molecule has 1 aromatic rings. The first-order valence-corrected chi connectivity index (χ1v) is 9.48. The third-order valence-electron chi connectivity index (χ3n) is 1.37. The molecule has 66 valence electrons. The van der Waals surface area contributed by atoms with E-state index in [1.54, 1.807) is 12.1 Å². The van der Waals surface area contributed by atoms with Gasteiger partial charge < -0.3 is 5.73 Å². The highest BCUT2D eigenvalue weighted by atomic mass is 128. The second-order valence-electron chi connectivity index (χ2n) is 2.25. The van der Waals surface area contributed by atoms with E-state index in [4.69, 9.17) is 5.73 Å². The summed E-state index contributed by atoms with van der Waals surface area (Å²) >= 11 is 4.24. The van der Waals surface area contributed by atoms with Crippen LogP contribution in [0.5, 0.6) is 0 Å². The number of rotatable bonds is 1. The third kappa shape index (κ3) is 3.70. The van der Waals surface area contributed by atoms with Crippen LogP contribution in [-0.4, -0.2) is 6.29 Å². The number of benzene rings is 1. The van der Waals surface area contributed by atoms with Crippen LogP contribution in [0.1, 0.15) is 15.9 Å². The predicted molar refractivity (Wildman–Crippen MR) is 69.0 cm³/mol. The molecule has 0 saturated carbocycles. The average Bonchev–Trinajstić information content (AvgIpc) is 2.08. The summed E-state index contributed by atoms with van der Waals surface area (Å²) in [6, 6.07) is 5.36. The van der Waals surface area contributed by atoms with Gasteiger partial charge in [0.2, 0.25) is 0 Å². The van der Waals surface area contributed by atoms with Crippen LogP contribution in [0.4, 0.5) is 5.69 Å². The van der Waals surface area contributed by atoms with Crippen LogP contribution in [0.15, 0.2) is 18.2 Å². The van der Waals surface area contributed by atoms with Crippen molar-refractivity contribution in [3.05, 3.63) is 29.3 Å². The van der Waals surface area contributed by atoms with Crippen LogP contribution in [0.3, 0.4) is 0 Å². The topological polar surface area (TPSA) is 43.1 Å². The highest BCUT2D eigenvalue weighted by Gasteiger charge is 1.94. The third-order valence-corrected chi connectivity index (χ3v) is 1.37. The Balaban J connectivity index is 0.000000561. The first kappa shape index (κ1) is 12.2. The first-order valence-electron chi connectivity index (χ1n) is 3.19. The average molecular weight is 389 g/mol. The fraction of sp³-hybridized carbons (Fsp3) is 0.125. The molecule has 1 rings (SSSR count). The van der Waals surface area contributed by atoms with E-state index >= 15 is 0 Å². The monoisotopic (exact) mass is 389 g/mol. The van der Waals surface area contributed by atoms with Gasteiger partial charge in [0.25, 0.3) is 0 Å². The largest absolute Gasteiger partial charge is 0.398 e. The Morgan fingerprint density at radius 1 is 1.42 bits per heavy atom. The molecule has 0 aliphatic rings. The van der Waals surface area contributed by atoms with Crippen molar-refractivity contribution in [1.82, 2.24) is 0 Å². The lowest BCUT2D eigenvalue weighted by molar-refractivity contribution is 0.112. The molecule has 0 aliphatic carbocycles. The summed E-state index contributed by atoms with van der Waals surface area (Å²) in [5.41, 5.74) is 7.68. The van der Waals surface area contributed by atoms with Crippen molar-refractivity contribution in [2.45, 2.75) is 6.92 Å². The van der Waals surface area contributed by atoms with E-state index in [9.17, 15) is 4.79 Å². The van der Waals surface area contributed by atoms with Gasteiger partial charge in [-0.05, 0) is 24.6 Å². The Kier molecular flexibility index (Phi) is 6.73. The van der Waals surface area contributed by atoms with Gasteiger partial charge in [0.1, 0.15) is 0 Å². The zero-order chi connectivity index (χ0) is 9.56. The van der Waals surface area contributed by atoms with Crippen LogP contribution >= 0.6 is 37.2 Å². The summed E-state index contributed by atoms with van der Waals surface area (Å²) < 4.78 is 0. The fourth-order valence-electron chi connectivity index (χ4n) is 0.802. The quantitative estimate of drug-likeness (QED) is 0.456. The van der Waals surface area contributed by atoms with Gasteiger partial charge in [-0.2, -0.15) is 0 Å². The predicted octanol–water partition coefficient (Wildman–Crippen LogP) is 3.16. The van der Waals surface area contributed by atoms with E-state index in [1.807, 2.05) is 13.0 Å². The van der Waals surface area contributed by atoms with Crippen LogP contribution in [0.2, 0.25) is 0 Å². The number of carbonyl (C=O) groups excluding carboxylic acids is 1. The minimum absolute atomic E-state index is 0.551. The SMILES string of the molecule is Cc1ccc(C=O)c(N)c1.II. The lowest BCUT2D eigenvalue weighted by Crippen LogP contribution is -1.92. The van der Waals surface area contributed by atoms with Crippen molar-refractivity contribution < 1.29 is 4.79 Å². The van der Waals surface area contributed by atoms with E-state index in [0.717, 1.165) is 11.8 Å². The Bertz CT molecular complexity index is 263. The van der Waals surface area contributed by atoms with Crippen molar-refractivity contribution in [2.75, 3.05) is 5.73 Å². The smallest absolute Gasteiger partial charge is 0.152 e. The number of aldehydes is 1. The van der Waals surface area contributed by atoms with E-state index < -0.39 is 0 Å². The zero-order valence-corrected chi connectivity index (χ0v) is 10.9. The van der Waals surface area contributed by atoms with E-state index in [0.29, 0.717) is 11.3 Å². The Morgan fingerprint density at radius 3 is 2.42 bits per heavy atom. The van der Waals surface area contributed by atoms with Gasteiger partial charge in [-0.1, -0.05) is 6.07 Å². The molecule has 0 radical (unpaired) electrons. The Hall–Kier alpha value is 0.150. The first-order chi connectivity index (χ1) is 5.74. The number of halogens is 2. The number of hydrogen-bond acceptors (Lipinski definition) is 2. The van der Waals surface area contributed by atoms with Crippen molar-refractivity contribution in [2.24, 2.45) is 0 Å². The minimum atomic E-state index is 0.551. The molecule has 0 heterocycles. The van der Waals surface area contributed by atoms with Gasteiger partial charge >= 0.3 is 0 Å². The molecule has 0 atom stereocenters. The Labute approximate surface area is 95.2 Å². The van der Waals surface area contributed by atoms with Crippen LogP contribution in [0, 0.1) is 6.92 Å². The van der Waals surface area contributed by atoms with Crippen LogP contribution in [0.25, 0.3) is 0 Å². The minimum Gasteiger partial charge on any atom is -0.398 e. The van der Waals surface area contributed by atoms with E-state index in [2.05, 4.69) is 37.2 Å². The standard InChI is InChI=1S/C8H9NO.I2/c1-6-2-3-7(5-10)8(9)4-6;1-2/h2-5H,9H2,1H3;. The number of aryl methyl sites for hydroxylation is 1. The summed E-state index contributed by atoms with van der Waals surface area (Å²) in [7, 11) is 0. The number of anilines is 1. The van der Waals surface area contributed by atoms with Gasteiger partial charge in [-0.3, -0.25) is 4.79 Å². The molecule has 2 nitrogen and oxygen atoms in total. The van der Waals surface area contributed by atoms with Crippen molar-refractivity contribution in [3.8, 4) is 0 Å². The maximum Gasteiger partial charge on any atom is 0.152 e. The summed E-state index contributed by atoms with van der Waals surface area (Å²) in [6.07, 6.45) is 0.759. The van der Waals surface area contributed by atoms with Gasteiger partial charge in [0.15, 0.2) is 6.29 Å². The summed E-state index contributed by atoms with van der Waals surface area (Å²) in [5, 5.41) is 0. The molecule has 0 amide bonds. The van der Waals surface area contributed by atoms with Gasteiger partial charge in [0.05, 0.1) is 0 Å². The summed E-state index contributed by atoms with van der Waals surface area (Å²) in [6.45, 7) is 1.94. The second kappa shape index (κ2) is 6.64. The summed E-state index contributed by atoms with van der Waals surface area (Å²) in [5.74, 6) is 0. The normalized spacial score (nSPS) is 8.25. The Morgan fingerprint density at radius 2 is 2.00 bits per heavy atom. The van der Waals surface area contributed by atoms with E-state index in [1.165, 1.54) is 0 Å². The van der Waals surface area contributed by atoms with Crippen molar-refractivity contribution >= 4 is 49.2 Å². The second-order valence-corrected chi connectivity index (χ2v) is 2.25. The molecule has 0 fully saturated rings. The molecular formula is C8H9I2NO. The maximum atomic E-state index is 10.3. The molecule has 2 N–H and O–H groups in total. The zero-order valence-electron chi connectivity index (χ0n) is 6.55. The molecule has 1 aromatic carbocycles. The number of nitrogen functional groups attached to an aromatic ring is 1. The molecule has 0 saturated heterocycles. The molecular weight excluding hydrogens is 380 g/mol. The van der Waals surface area contributed by atoms with Crippen molar-refractivity contribution in [1.29, 1.82) is 0 Å². The van der Waals surface area contributed by atoms with Gasteiger partial charge in [0, 0.05) is 48.5 Å². The number of hydrogen-bond donors (Lipinski definition) is 1. The number of nitrogens with two attached hydrogens (primary N) is 1. The highest BCUT2D eigenvalue weighted by molar-refractivity contribution is 15.0. The lowest BCUT2D eigenvalue weighted by Gasteiger charge is -1.97. The van der Waals surface area contributed by atoms with Crippen LogP contribution in [-0.2, 0) is 0 Å². The maximum absolute atomic E-state index is 10.3. The molecule has 0 unspecified atom stereocenters. The van der Waals surface area contributed by atoms with Crippen molar-refractivity contribution in [3.63, 3.8) is 0 Å². The lowest BCUT2D eigenvalue weighted by atomic mass is 10.1. The highest BCUT2D eigenvalue weighted by Crippen LogP contribution is 2.10. The van der Waals surface area contributed by atoms with Gasteiger partial charge in [-0.15, -0.1) is 0 Å². The molecule has 12 heavy (non-hydrogen) atoms. The molecule has 0 aromatic heterocycles. The van der Waals surface area contributed by atoms with E-state index in [-0.39, 0.29) is 0 Å². The molecule has 0 bridgehead atoms. The summed E-state index contributed by atoms with van der Waals surface area (Å²) in [4.78, 5) is 10.3. The van der Waals surface area contributed by atoms with Crippen LogP contribution < -0.4 is 5.73 Å².